The zero-order valence-corrected chi connectivity index (χ0v) is 8.64. The first-order valence-electron chi connectivity index (χ1n) is 5.27. The number of aliphatic hydroxyl groups is 1. The van der Waals surface area contributed by atoms with Crippen LogP contribution < -0.4 is 0 Å². The summed E-state index contributed by atoms with van der Waals surface area (Å²) in [6.07, 6.45) is 5.73. The van der Waals surface area contributed by atoms with E-state index in [1.807, 2.05) is 0 Å². The summed E-state index contributed by atoms with van der Waals surface area (Å²) in [5, 5.41) is 10.3. The Morgan fingerprint density at radius 3 is 2.58 bits per heavy atom. The molecule has 1 heteroatoms. The summed E-state index contributed by atoms with van der Waals surface area (Å²) >= 11 is 0. The van der Waals surface area contributed by atoms with Gasteiger partial charge in [-0.3, -0.25) is 0 Å². The molecule has 0 aromatic heterocycles. The quantitative estimate of drug-likeness (QED) is 0.675. The largest absolute Gasteiger partial charge is 0.390 e. The second kappa shape index (κ2) is 3.78. The molecule has 0 unspecified atom stereocenters. The van der Waals surface area contributed by atoms with Gasteiger partial charge >= 0.3 is 0 Å². The lowest BCUT2D eigenvalue weighted by Crippen LogP contribution is -2.40. The van der Waals surface area contributed by atoms with Gasteiger partial charge in [0.05, 0.1) is 5.60 Å². The molecule has 1 aliphatic carbocycles. The van der Waals surface area contributed by atoms with Crippen LogP contribution in [0.15, 0.2) is 0 Å². The van der Waals surface area contributed by atoms with Crippen LogP contribution >= 0.6 is 0 Å². The minimum absolute atomic E-state index is 0.341. The van der Waals surface area contributed by atoms with E-state index in [0.29, 0.717) is 11.8 Å². The Balaban J connectivity index is 2.53. The Morgan fingerprint density at radius 1 is 1.42 bits per heavy atom. The summed E-state index contributed by atoms with van der Waals surface area (Å²) in [4.78, 5) is 0. The summed E-state index contributed by atoms with van der Waals surface area (Å²) in [5.74, 6) is 1.13. The second-order valence-electron chi connectivity index (χ2n) is 4.85. The van der Waals surface area contributed by atoms with Crippen molar-refractivity contribution in [2.75, 3.05) is 0 Å². The molecule has 2 atom stereocenters. The standard InChI is InChI=1S/C11H22O/c1-9(2)8-11(12)7-5-4-6-10(11)3/h9-10,12H,4-8H2,1-3H3/t10-,11+/m1/s1. The van der Waals surface area contributed by atoms with Gasteiger partial charge in [0.25, 0.3) is 0 Å². The van der Waals surface area contributed by atoms with Gasteiger partial charge in [-0.15, -0.1) is 0 Å². The van der Waals surface area contributed by atoms with Crippen molar-refractivity contribution in [1.29, 1.82) is 0 Å². The maximum atomic E-state index is 10.3. The lowest BCUT2D eigenvalue weighted by Gasteiger charge is -2.39. The maximum Gasteiger partial charge on any atom is 0.0675 e. The van der Waals surface area contributed by atoms with Crippen LogP contribution in [0.2, 0.25) is 0 Å². The van der Waals surface area contributed by atoms with Gasteiger partial charge in [0.1, 0.15) is 0 Å². The van der Waals surface area contributed by atoms with Crippen LogP contribution in [0.1, 0.15) is 52.9 Å². The first kappa shape index (κ1) is 10.0. The highest BCUT2D eigenvalue weighted by Gasteiger charge is 2.35. The van der Waals surface area contributed by atoms with E-state index < -0.39 is 0 Å². The molecule has 0 aromatic carbocycles. The van der Waals surface area contributed by atoms with Gasteiger partial charge in [-0.05, 0) is 31.1 Å². The third-order valence-electron chi connectivity index (χ3n) is 3.18. The van der Waals surface area contributed by atoms with Crippen LogP contribution in [0.25, 0.3) is 0 Å². The zero-order valence-electron chi connectivity index (χ0n) is 8.64. The van der Waals surface area contributed by atoms with E-state index in [1.54, 1.807) is 0 Å². The van der Waals surface area contributed by atoms with Crippen molar-refractivity contribution >= 4 is 0 Å². The highest BCUT2D eigenvalue weighted by molar-refractivity contribution is 4.88. The minimum atomic E-state index is -0.341. The van der Waals surface area contributed by atoms with Crippen molar-refractivity contribution in [3.63, 3.8) is 0 Å². The minimum Gasteiger partial charge on any atom is -0.390 e. The van der Waals surface area contributed by atoms with Crippen molar-refractivity contribution < 1.29 is 5.11 Å². The van der Waals surface area contributed by atoms with Gasteiger partial charge in [-0.25, -0.2) is 0 Å². The fraction of sp³-hybridized carbons (Fsp3) is 1.00. The average molecular weight is 170 g/mol. The SMILES string of the molecule is CC(C)C[C@@]1(O)CCCC[C@H]1C. The Bertz CT molecular complexity index is 142. The molecule has 12 heavy (non-hydrogen) atoms. The normalized spacial score (nSPS) is 37.2. The van der Waals surface area contributed by atoms with Crippen molar-refractivity contribution in [3.8, 4) is 0 Å². The van der Waals surface area contributed by atoms with E-state index in [4.69, 9.17) is 0 Å². The molecule has 0 aliphatic heterocycles. The van der Waals surface area contributed by atoms with Gasteiger partial charge in [0.15, 0.2) is 0 Å². The molecule has 1 fully saturated rings. The third-order valence-corrected chi connectivity index (χ3v) is 3.18. The number of rotatable bonds is 2. The molecule has 1 rings (SSSR count). The fourth-order valence-electron chi connectivity index (χ4n) is 2.41. The average Bonchev–Trinajstić information content (AvgIpc) is 1.94. The molecule has 1 N–H and O–H groups in total. The monoisotopic (exact) mass is 170 g/mol. The molecule has 0 saturated heterocycles. The topological polar surface area (TPSA) is 20.2 Å². The fourth-order valence-corrected chi connectivity index (χ4v) is 2.41. The molecule has 0 spiro atoms. The lowest BCUT2D eigenvalue weighted by molar-refractivity contribution is -0.0565. The first-order chi connectivity index (χ1) is 5.54. The van der Waals surface area contributed by atoms with E-state index >= 15 is 0 Å². The van der Waals surface area contributed by atoms with Crippen molar-refractivity contribution in [3.05, 3.63) is 0 Å². The van der Waals surface area contributed by atoms with E-state index in [0.717, 1.165) is 12.8 Å². The summed E-state index contributed by atoms with van der Waals surface area (Å²) in [5.41, 5.74) is -0.341. The molecule has 72 valence electrons. The Morgan fingerprint density at radius 2 is 2.08 bits per heavy atom. The first-order valence-corrected chi connectivity index (χ1v) is 5.27. The van der Waals surface area contributed by atoms with Crippen molar-refractivity contribution in [1.82, 2.24) is 0 Å². The van der Waals surface area contributed by atoms with E-state index in [1.165, 1.54) is 19.3 Å². The van der Waals surface area contributed by atoms with Gasteiger partial charge in [-0.1, -0.05) is 33.6 Å². The van der Waals surface area contributed by atoms with Crippen LogP contribution in [0.3, 0.4) is 0 Å². The Labute approximate surface area is 76.2 Å². The molecule has 1 saturated carbocycles. The molecule has 0 radical (unpaired) electrons. The summed E-state index contributed by atoms with van der Waals surface area (Å²) in [7, 11) is 0. The molecule has 1 aliphatic rings. The van der Waals surface area contributed by atoms with Gasteiger partial charge in [0.2, 0.25) is 0 Å². The number of hydrogen-bond donors (Lipinski definition) is 1. The molecular formula is C11H22O. The zero-order chi connectivity index (χ0) is 9.19. The molecule has 0 aromatic rings. The van der Waals surface area contributed by atoms with Crippen molar-refractivity contribution in [2.24, 2.45) is 11.8 Å². The smallest absolute Gasteiger partial charge is 0.0675 e. The maximum absolute atomic E-state index is 10.3. The summed E-state index contributed by atoms with van der Waals surface area (Å²) < 4.78 is 0. The van der Waals surface area contributed by atoms with Crippen LogP contribution in [-0.2, 0) is 0 Å². The summed E-state index contributed by atoms with van der Waals surface area (Å²) in [6.45, 7) is 6.58. The highest BCUT2D eigenvalue weighted by Crippen LogP contribution is 2.37. The number of hydrogen-bond acceptors (Lipinski definition) is 1. The van der Waals surface area contributed by atoms with E-state index in [2.05, 4.69) is 20.8 Å². The molecular weight excluding hydrogens is 148 g/mol. The van der Waals surface area contributed by atoms with Crippen LogP contribution in [0, 0.1) is 11.8 Å². The predicted molar refractivity (Wildman–Crippen MR) is 52.0 cm³/mol. The third kappa shape index (κ3) is 2.22. The lowest BCUT2D eigenvalue weighted by atomic mass is 9.72. The highest BCUT2D eigenvalue weighted by atomic mass is 16.3. The van der Waals surface area contributed by atoms with Crippen LogP contribution in [0.5, 0.6) is 0 Å². The van der Waals surface area contributed by atoms with E-state index in [-0.39, 0.29) is 5.60 Å². The Hall–Kier alpha value is -0.0400. The van der Waals surface area contributed by atoms with Gasteiger partial charge in [-0.2, -0.15) is 0 Å². The van der Waals surface area contributed by atoms with Crippen molar-refractivity contribution in [2.45, 2.75) is 58.5 Å². The second-order valence-corrected chi connectivity index (χ2v) is 4.85. The summed E-state index contributed by atoms with van der Waals surface area (Å²) in [6, 6.07) is 0. The van der Waals surface area contributed by atoms with E-state index in [9.17, 15) is 5.11 Å². The van der Waals surface area contributed by atoms with Gasteiger partial charge < -0.3 is 5.11 Å². The predicted octanol–water partition coefficient (Wildman–Crippen LogP) is 2.97. The van der Waals surface area contributed by atoms with Crippen LogP contribution in [-0.4, -0.2) is 10.7 Å². The molecule has 0 amide bonds. The Kier molecular flexibility index (Phi) is 3.16. The molecule has 1 nitrogen and oxygen atoms in total. The van der Waals surface area contributed by atoms with Crippen LogP contribution in [0.4, 0.5) is 0 Å². The van der Waals surface area contributed by atoms with Gasteiger partial charge in [0, 0.05) is 0 Å². The molecule has 0 bridgehead atoms. The molecule has 0 heterocycles.